The number of carboxylic acid groups (broad SMARTS) is 1. The highest BCUT2D eigenvalue weighted by Gasteiger charge is 2.20. The normalized spacial score (nSPS) is 10.1. The van der Waals surface area contributed by atoms with Crippen molar-refractivity contribution in [3.63, 3.8) is 0 Å². The standard InChI is InChI=1S/C9H4F2INO2/c10-8(11)5-1-4(12)2-6(9(14)15)7(5)3-13/h1-2,8H,(H,14,15). The number of carboxylic acids is 1. The maximum atomic E-state index is 12.5. The van der Waals surface area contributed by atoms with Crippen LogP contribution in [-0.2, 0) is 0 Å². The van der Waals surface area contributed by atoms with Gasteiger partial charge < -0.3 is 5.11 Å². The van der Waals surface area contributed by atoms with E-state index in [0.717, 1.165) is 6.07 Å². The van der Waals surface area contributed by atoms with Crippen molar-refractivity contribution in [1.82, 2.24) is 0 Å². The lowest BCUT2D eigenvalue weighted by molar-refractivity contribution is 0.0696. The Morgan fingerprint density at radius 2 is 2.13 bits per heavy atom. The van der Waals surface area contributed by atoms with Crippen LogP contribution >= 0.6 is 22.6 Å². The molecule has 15 heavy (non-hydrogen) atoms. The van der Waals surface area contributed by atoms with Gasteiger partial charge in [-0.15, -0.1) is 0 Å². The number of rotatable bonds is 2. The molecule has 0 amide bonds. The third-order valence-electron chi connectivity index (χ3n) is 1.71. The summed E-state index contributed by atoms with van der Waals surface area (Å²) in [6.07, 6.45) is -2.85. The van der Waals surface area contributed by atoms with Crippen LogP contribution < -0.4 is 0 Å². The van der Waals surface area contributed by atoms with E-state index >= 15 is 0 Å². The maximum absolute atomic E-state index is 12.5. The fourth-order valence-corrected chi connectivity index (χ4v) is 1.74. The molecule has 0 saturated carbocycles. The SMILES string of the molecule is N#Cc1c(C(=O)O)cc(I)cc1C(F)F. The zero-order valence-electron chi connectivity index (χ0n) is 7.17. The van der Waals surface area contributed by atoms with E-state index in [1.54, 1.807) is 22.6 Å². The summed E-state index contributed by atoms with van der Waals surface area (Å²) in [5.74, 6) is -1.38. The number of benzene rings is 1. The van der Waals surface area contributed by atoms with Gasteiger partial charge in [-0.2, -0.15) is 5.26 Å². The number of halogens is 3. The number of hydrogen-bond donors (Lipinski definition) is 1. The lowest BCUT2D eigenvalue weighted by Gasteiger charge is -2.06. The number of nitrogens with zero attached hydrogens (tertiary/aromatic N) is 1. The van der Waals surface area contributed by atoms with E-state index in [1.807, 2.05) is 0 Å². The largest absolute Gasteiger partial charge is 0.478 e. The van der Waals surface area contributed by atoms with Crippen molar-refractivity contribution >= 4 is 28.6 Å². The third-order valence-corrected chi connectivity index (χ3v) is 2.33. The molecule has 0 heterocycles. The molecule has 1 rings (SSSR count). The number of hydrogen-bond acceptors (Lipinski definition) is 2. The Hall–Kier alpha value is -1.23. The summed E-state index contributed by atoms with van der Waals surface area (Å²) in [7, 11) is 0. The van der Waals surface area contributed by atoms with Gasteiger partial charge in [0.25, 0.3) is 6.43 Å². The highest BCUT2D eigenvalue weighted by molar-refractivity contribution is 14.1. The van der Waals surface area contributed by atoms with Gasteiger partial charge in [-0.25, -0.2) is 13.6 Å². The minimum Gasteiger partial charge on any atom is -0.478 e. The van der Waals surface area contributed by atoms with Crippen molar-refractivity contribution in [2.45, 2.75) is 6.43 Å². The summed E-state index contributed by atoms with van der Waals surface area (Å²) < 4.78 is 25.3. The quantitative estimate of drug-likeness (QED) is 0.852. The first-order chi connectivity index (χ1) is 6.97. The molecule has 1 aromatic carbocycles. The number of aromatic carboxylic acids is 1. The summed E-state index contributed by atoms with van der Waals surface area (Å²) in [5, 5.41) is 17.4. The molecule has 0 saturated heterocycles. The highest BCUT2D eigenvalue weighted by atomic mass is 127. The molecule has 0 spiro atoms. The zero-order chi connectivity index (χ0) is 11.6. The molecule has 0 fully saturated rings. The molecule has 0 aliphatic carbocycles. The number of alkyl halides is 2. The average Bonchev–Trinajstić information content (AvgIpc) is 2.16. The van der Waals surface area contributed by atoms with Crippen molar-refractivity contribution in [2.24, 2.45) is 0 Å². The van der Waals surface area contributed by atoms with Crippen LogP contribution in [0, 0.1) is 14.9 Å². The Labute approximate surface area is 97.5 Å². The van der Waals surface area contributed by atoms with E-state index in [1.165, 1.54) is 12.1 Å². The molecular weight excluding hydrogens is 319 g/mol. The topological polar surface area (TPSA) is 61.1 Å². The van der Waals surface area contributed by atoms with Gasteiger partial charge in [0.05, 0.1) is 11.1 Å². The molecule has 0 aliphatic rings. The smallest absolute Gasteiger partial charge is 0.337 e. The van der Waals surface area contributed by atoms with Crippen molar-refractivity contribution in [1.29, 1.82) is 5.26 Å². The van der Waals surface area contributed by atoms with Crippen LogP contribution in [0.15, 0.2) is 12.1 Å². The average molecular weight is 323 g/mol. The Morgan fingerprint density at radius 1 is 1.53 bits per heavy atom. The first kappa shape index (κ1) is 11.8. The minimum atomic E-state index is -2.85. The summed E-state index contributed by atoms with van der Waals surface area (Å²) >= 11 is 1.72. The lowest BCUT2D eigenvalue weighted by Crippen LogP contribution is -2.05. The Balaban J connectivity index is 3.54. The van der Waals surface area contributed by atoms with Gasteiger partial charge in [-0.05, 0) is 34.7 Å². The minimum absolute atomic E-state index is 0.360. The number of nitriles is 1. The zero-order valence-corrected chi connectivity index (χ0v) is 9.33. The monoisotopic (exact) mass is 323 g/mol. The Kier molecular flexibility index (Phi) is 3.57. The molecule has 0 radical (unpaired) electrons. The van der Waals surface area contributed by atoms with Crippen molar-refractivity contribution in [3.8, 4) is 6.07 Å². The predicted molar refractivity (Wildman–Crippen MR) is 55.8 cm³/mol. The fourth-order valence-electron chi connectivity index (χ4n) is 1.09. The van der Waals surface area contributed by atoms with E-state index in [9.17, 15) is 13.6 Å². The molecule has 6 heteroatoms. The molecule has 0 unspecified atom stereocenters. The second-order valence-corrected chi connectivity index (χ2v) is 3.88. The van der Waals surface area contributed by atoms with Crippen LogP contribution in [-0.4, -0.2) is 11.1 Å². The first-order valence-electron chi connectivity index (χ1n) is 3.72. The lowest BCUT2D eigenvalue weighted by atomic mass is 10.0. The Bertz CT molecular complexity index is 454. The third kappa shape index (κ3) is 2.41. The van der Waals surface area contributed by atoms with E-state index < -0.39 is 23.5 Å². The molecular formula is C9H4F2INO2. The van der Waals surface area contributed by atoms with Crippen molar-refractivity contribution in [3.05, 3.63) is 32.4 Å². The predicted octanol–water partition coefficient (Wildman–Crippen LogP) is 2.80. The molecule has 3 nitrogen and oxygen atoms in total. The molecule has 0 aromatic heterocycles. The van der Waals surface area contributed by atoms with Crippen LogP contribution in [0.4, 0.5) is 8.78 Å². The fraction of sp³-hybridized carbons (Fsp3) is 0.111. The van der Waals surface area contributed by atoms with Gasteiger partial charge in [-0.1, -0.05) is 0 Å². The van der Waals surface area contributed by atoms with Gasteiger partial charge in [0.2, 0.25) is 0 Å². The van der Waals surface area contributed by atoms with E-state index in [0.29, 0.717) is 3.57 Å². The summed E-state index contributed by atoms with van der Waals surface area (Å²) in [5.41, 5.74) is -1.40. The van der Waals surface area contributed by atoms with Crippen LogP contribution in [0.3, 0.4) is 0 Å². The van der Waals surface area contributed by atoms with Gasteiger partial charge in [0.1, 0.15) is 6.07 Å². The van der Waals surface area contributed by atoms with Crippen LogP contribution in [0.25, 0.3) is 0 Å². The van der Waals surface area contributed by atoms with Crippen LogP contribution in [0.1, 0.15) is 27.9 Å². The first-order valence-corrected chi connectivity index (χ1v) is 4.80. The summed E-state index contributed by atoms with van der Waals surface area (Å²) in [4.78, 5) is 10.7. The molecule has 0 atom stereocenters. The summed E-state index contributed by atoms with van der Waals surface area (Å²) in [6, 6.07) is 3.79. The van der Waals surface area contributed by atoms with Crippen molar-refractivity contribution in [2.75, 3.05) is 0 Å². The molecule has 1 aromatic rings. The second kappa shape index (κ2) is 4.53. The van der Waals surface area contributed by atoms with Crippen LogP contribution in [0.2, 0.25) is 0 Å². The number of carbonyl (C=O) groups is 1. The molecule has 0 bridgehead atoms. The van der Waals surface area contributed by atoms with Crippen LogP contribution in [0.5, 0.6) is 0 Å². The van der Waals surface area contributed by atoms with Gasteiger partial charge >= 0.3 is 5.97 Å². The summed E-state index contributed by atoms with van der Waals surface area (Å²) in [6.45, 7) is 0. The second-order valence-electron chi connectivity index (χ2n) is 2.64. The highest BCUT2D eigenvalue weighted by Crippen LogP contribution is 2.27. The Morgan fingerprint density at radius 3 is 2.53 bits per heavy atom. The molecule has 0 aliphatic heterocycles. The van der Waals surface area contributed by atoms with E-state index in [2.05, 4.69) is 0 Å². The van der Waals surface area contributed by atoms with Crippen molar-refractivity contribution < 1.29 is 18.7 Å². The van der Waals surface area contributed by atoms with E-state index in [-0.39, 0.29) is 5.56 Å². The van der Waals surface area contributed by atoms with Gasteiger partial charge in [0.15, 0.2) is 0 Å². The molecule has 78 valence electrons. The molecule has 1 N–H and O–H groups in total. The van der Waals surface area contributed by atoms with E-state index in [4.69, 9.17) is 10.4 Å². The maximum Gasteiger partial charge on any atom is 0.337 e. The van der Waals surface area contributed by atoms with Gasteiger partial charge in [0, 0.05) is 9.13 Å². The van der Waals surface area contributed by atoms with Gasteiger partial charge in [-0.3, -0.25) is 0 Å².